The molecule has 1 saturated heterocycles. The number of anilines is 1. The van der Waals surface area contributed by atoms with E-state index in [2.05, 4.69) is 45.9 Å². The van der Waals surface area contributed by atoms with E-state index in [0.717, 1.165) is 47.4 Å². The molecule has 0 atom stereocenters. The van der Waals surface area contributed by atoms with Gasteiger partial charge in [-0.25, -0.2) is 9.37 Å². The van der Waals surface area contributed by atoms with Gasteiger partial charge in [0.1, 0.15) is 5.82 Å². The molecular formula is C20H22FN5S. The highest BCUT2D eigenvalue weighted by Gasteiger charge is 2.31. The predicted molar refractivity (Wildman–Crippen MR) is 106 cm³/mol. The molecule has 3 aromatic rings. The van der Waals surface area contributed by atoms with Crippen LogP contribution in [0.1, 0.15) is 15.6 Å². The van der Waals surface area contributed by atoms with Gasteiger partial charge in [0.15, 0.2) is 5.82 Å². The molecule has 0 amide bonds. The smallest absolute Gasteiger partial charge is 0.151 e. The lowest BCUT2D eigenvalue weighted by atomic mass is 10.1. The highest BCUT2D eigenvalue weighted by atomic mass is 32.1. The van der Waals surface area contributed by atoms with Crippen LogP contribution in [0.5, 0.6) is 0 Å². The number of thiazole rings is 1. The van der Waals surface area contributed by atoms with Crippen LogP contribution in [0.4, 0.5) is 10.2 Å². The first kappa shape index (κ1) is 18.0. The maximum Gasteiger partial charge on any atom is 0.151 e. The van der Waals surface area contributed by atoms with E-state index in [-0.39, 0.29) is 5.82 Å². The normalized spacial score (nSPS) is 14.6. The molecule has 5 nitrogen and oxygen atoms in total. The van der Waals surface area contributed by atoms with Gasteiger partial charge >= 0.3 is 0 Å². The monoisotopic (exact) mass is 383 g/mol. The lowest BCUT2D eigenvalue weighted by molar-refractivity contribution is 0.198. The third kappa shape index (κ3) is 3.84. The van der Waals surface area contributed by atoms with Crippen LogP contribution in [-0.4, -0.2) is 46.3 Å². The van der Waals surface area contributed by atoms with E-state index in [1.54, 1.807) is 23.5 Å². The van der Waals surface area contributed by atoms with Crippen molar-refractivity contribution in [1.82, 2.24) is 20.1 Å². The third-order valence-corrected chi connectivity index (χ3v) is 6.05. The molecule has 4 rings (SSSR count). The minimum atomic E-state index is -0.247. The first-order valence-electron chi connectivity index (χ1n) is 8.97. The summed E-state index contributed by atoms with van der Waals surface area (Å²) in [5.74, 6) is 0.637. The molecule has 1 aliphatic heterocycles. The summed E-state index contributed by atoms with van der Waals surface area (Å²) >= 11 is 1.78. The van der Waals surface area contributed by atoms with Crippen molar-refractivity contribution in [2.24, 2.45) is 0 Å². The molecule has 0 saturated carbocycles. The second-order valence-corrected chi connectivity index (χ2v) is 8.29. The number of halogens is 1. The van der Waals surface area contributed by atoms with Gasteiger partial charge in [0, 0.05) is 36.1 Å². The van der Waals surface area contributed by atoms with E-state index in [4.69, 9.17) is 0 Å². The fourth-order valence-electron chi connectivity index (χ4n) is 3.27. The van der Waals surface area contributed by atoms with Gasteiger partial charge in [-0.1, -0.05) is 0 Å². The van der Waals surface area contributed by atoms with Gasteiger partial charge in [-0.05, 0) is 57.3 Å². The molecule has 0 N–H and O–H groups in total. The Bertz CT molecular complexity index is 917. The van der Waals surface area contributed by atoms with Crippen LogP contribution >= 0.6 is 11.3 Å². The Morgan fingerprint density at radius 3 is 2.44 bits per heavy atom. The zero-order valence-electron chi connectivity index (χ0n) is 15.7. The Balaban J connectivity index is 1.35. The molecule has 1 aromatic carbocycles. The first-order chi connectivity index (χ1) is 13.0. The molecule has 7 heteroatoms. The van der Waals surface area contributed by atoms with Crippen LogP contribution < -0.4 is 4.90 Å². The number of likely N-dealkylation sites (N-methyl/N-ethyl adjacent to an activating group) is 1. The van der Waals surface area contributed by atoms with Crippen molar-refractivity contribution in [2.75, 3.05) is 25.0 Å². The highest BCUT2D eigenvalue weighted by Crippen LogP contribution is 2.26. The van der Waals surface area contributed by atoms with E-state index in [1.165, 1.54) is 17.0 Å². The second-order valence-electron chi connectivity index (χ2n) is 7.00. The molecular weight excluding hydrogens is 361 g/mol. The maximum atomic E-state index is 13.0. The van der Waals surface area contributed by atoms with Crippen molar-refractivity contribution >= 4 is 17.2 Å². The van der Waals surface area contributed by atoms with Gasteiger partial charge in [0.2, 0.25) is 0 Å². The summed E-state index contributed by atoms with van der Waals surface area (Å²) in [4.78, 5) is 10.5. The Morgan fingerprint density at radius 2 is 1.85 bits per heavy atom. The Labute approximate surface area is 162 Å². The van der Waals surface area contributed by atoms with E-state index in [0.29, 0.717) is 6.04 Å². The van der Waals surface area contributed by atoms with Crippen molar-refractivity contribution in [3.63, 3.8) is 0 Å². The van der Waals surface area contributed by atoms with Crippen molar-refractivity contribution < 1.29 is 4.39 Å². The molecule has 1 fully saturated rings. The zero-order valence-corrected chi connectivity index (χ0v) is 16.5. The second kappa shape index (κ2) is 7.32. The third-order valence-electron chi connectivity index (χ3n) is 4.99. The van der Waals surface area contributed by atoms with Crippen LogP contribution in [0.15, 0.2) is 36.4 Å². The Kier molecular flexibility index (Phi) is 4.88. The van der Waals surface area contributed by atoms with Crippen LogP contribution in [0.3, 0.4) is 0 Å². The lowest BCUT2D eigenvalue weighted by Crippen LogP contribution is -2.58. The Morgan fingerprint density at radius 1 is 1.11 bits per heavy atom. The number of hydrogen-bond donors (Lipinski definition) is 0. The molecule has 140 valence electrons. The van der Waals surface area contributed by atoms with Crippen LogP contribution in [0.25, 0.3) is 11.3 Å². The van der Waals surface area contributed by atoms with E-state index < -0.39 is 0 Å². The fraction of sp³-hybridized carbons (Fsp3) is 0.350. The summed E-state index contributed by atoms with van der Waals surface area (Å²) in [6.45, 7) is 6.96. The van der Waals surface area contributed by atoms with Crippen LogP contribution in [0, 0.1) is 19.7 Å². The molecule has 0 radical (unpaired) electrons. The molecule has 0 aliphatic carbocycles. The quantitative estimate of drug-likeness (QED) is 0.673. The summed E-state index contributed by atoms with van der Waals surface area (Å²) in [5.41, 5.74) is 2.76. The lowest BCUT2D eigenvalue weighted by Gasteiger charge is -2.44. The number of aryl methyl sites for hydroxylation is 2. The van der Waals surface area contributed by atoms with Gasteiger partial charge in [-0.2, -0.15) is 0 Å². The molecule has 0 unspecified atom stereocenters. The molecule has 2 aromatic heterocycles. The molecule has 27 heavy (non-hydrogen) atoms. The molecule has 3 heterocycles. The van der Waals surface area contributed by atoms with Crippen molar-refractivity contribution in [3.05, 3.63) is 57.8 Å². The maximum absolute atomic E-state index is 13.0. The first-order valence-corrected chi connectivity index (χ1v) is 9.79. The molecule has 1 aliphatic rings. The van der Waals surface area contributed by atoms with Gasteiger partial charge in [-0.3, -0.25) is 4.90 Å². The zero-order chi connectivity index (χ0) is 19.0. The number of nitrogens with zero attached hydrogens (tertiary/aromatic N) is 5. The standard InChI is InChI=1S/C20H22FN5S/c1-13-19(27-14(2)22-13)12-25(3)17-10-26(11-17)20-9-8-18(23-24-20)15-4-6-16(21)7-5-15/h4-9,17H,10-12H2,1-3H3. The molecule has 0 bridgehead atoms. The van der Waals surface area contributed by atoms with Gasteiger partial charge in [-0.15, -0.1) is 21.5 Å². The van der Waals surface area contributed by atoms with Crippen LogP contribution in [-0.2, 0) is 6.54 Å². The SMILES string of the molecule is Cc1nc(C)c(CN(C)C2CN(c3ccc(-c4ccc(F)cc4)nn3)C2)s1. The summed E-state index contributed by atoms with van der Waals surface area (Å²) in [7, 11) is 2.17. The topological polar surface area (TPSA) is 45.2 Å². The summed E-state index contributed by atoms with van der Waals surface area (Å²) < 4.78 is 13.0. The van der Waals surface area contributed by atoms with E-state index in [1.807, 2.05) is 12.1 Å². The average Bonchev–Trinajstić information content (AvgIpc) is 2.92. The number of benzene rings is 1. The van der Waals surface area contributed by atoms with Crippen molar-refractivity contribution in [2.45, 2.75) is 26.4 Å². The van der Waals surface area contributed by atoms with Gasteiger partial charge in [0.05, 0.1) is 16.4 Å². The van der Waals surface area contributed by atoms with E-state index >= 15 is 0 Å². The summed E-state index contributed by atoms with van der Waals surface area (Å²) in [6.07, 6.45) is 0. The van der Waals surface area contributed by atoms with Gasteiger partial charge in [0.25, 0.3) is 0 Å². The summed E-state index contributed by atoms with van der Waals surface area (Å²) in [6, 6.07) is 10.7. The van der Waals surface area contributed by atoms with Crippen LogP contribution in [0.2, 0.25) is 0 Å². The minimum absolute atomic E-state index is 0.247. The largest absolute Gasteiger partial charge is 0.352 e. The fourth-order valence-corrected chi connectivity index (χ4v) is 4.27. The summed E-state index contributed by atoms with van der Waals surface area (Å²) in [5, 5.41) is 9.78. The molecule has 0 spiro atoms. The van der Waals surface area contributed by atoms with Gasteiger partial charge < -0.3 is 4.90 Å². The number of aromatic nitrogens is 3. The highest BCUT2D eigenvalue weighted by molar-refractivity contribution is 7.11. The predicted octanol–water partition coefficient (Wildman–Crippen LogP) is 3.68. The van der Waals surface area contributed by atoms with E-state index in [9.17, 15) is 4.39 Å². The number of rotatable bonds is 5. The number of hydrogen-bond acceptors (Lipinski definition) is 6. The van der Waals surface area contributed by atoms with Crippen molar-refractivity contribution in [1.29, 1.82) is 0 Å². The van der Waals surface area contributed by atoms with Crippen molar-refractivity contribution in [3.8, 4) is 11.3 Å². The minimum Gasteiger partial charge on any atom is -0.352 e. The average molecular weight is 383 g/mol. The Hall–Kier alpha value is -2.38.